The quantitative estimate of drug-likeness (QED) is 0.498. The average molecular weight is 443 g/mol. The van der Waals surface area contributed by atoms with Gasteiger partial charge in [0.1, 0.15) is 5.56 Å². The summed E-state index contributed by atoms with van der Waals surface area (Å²) in [4.78, 5) is 26.5. The summed E-state index contributed by atoms with van der Waals surface area (Å²) < 4.78 is 39.4. The highest BCUT2D eigenvalue weighted by molar-refractivity contribution is 5.76. The summed E-state index contributed by atoms with van der Waals surface area (Å²) in [6, 6.07) is 2.86. The van der Waals surface area contributed by atoms with E-state index in [1.807, 2.05) is 4.90 Å². The van der Waals surface area contributed by atoms with Crippen LogP contribution in [0.1, 0.15) is 31.2 Å². The van der Waals surface area contributed by atoms with Crippen molar-refractivity contribution < 1.29 is 22.9 Å². The second kappa shape index (κ2) is 10.3. The van der Waals surface area contributed by atoms with E-state index in [2.05, 4.69) is 15.5 Å². The van der Waals surface area contributed by atoms with Crippen molar-refractivity contribution in [2.75, 3.05) is 51.1 Å². The van der Waals surface area contributed by atoms with Gasteiger partial charge in [-0.05, 0) is 37.9 Å². The number of likely N-dealkylation sites (tertiary alicyclic amines) is 1. The van der Waals surface area contributed by atoms with Crippen LogP contribution in [0.25, 0.3) is 0 Å². The predicted octanol–water partition coefficient (Wildman–Crippen LogP) is 2.70. The maximum Gasteiger partial charge on any atom is 0.423 e. The van der Waals surface area contributed by atoms with E-state index in [1.165, 1.54) is 6.07 Å². The van der Waals surface area contributed by atoms with Crippen molar-refractivity contribution >= 4 is 17.3 Å². The van der Waals surface area contributed by atoms with Gasteiger partial charge in [-0.3, -0.25) is 14.9 Å². The summed E-state index contributed by atoms with van der Waals surface area (Å²) in [6.07, 6.45) is -2.26. The van der Waals surface area contributed by atoms with Gasteiger partial charge in [0.25, 0.3) is 5.69 Å². The molecule has 3 rings (SSSR count). The molecule has 0 atom stereocenters. The van der Waals surface area contributed by atoms with Crippen molar-refractivity contribution in [2.24, 2.45) is 0 Å². The maximum atomic E-state index is 13.1. The number of hydrogen-bond acceptors (Lipinski definition) is 6. The summed E-state index contributed by atoms with van der Waals surface area (Å²) in [7, 11) is 0. The number of nitrogens with zero attached hydrogens (tertiary/aromatic N) is 3. The molecule has 2 saturated heterocycles. The molecule has 2 aliphatic rings. The number of piperidine rings is 1. The lowest BCUT2D eigenvalue weighted by Gasteiger charge is -2.33. The zero-order valence-electron chi connectivity index (χ0n) is 17.3. The highest BCUT2D eigenvalue weighted by Crippen LogP contribution is 2.37. The predicted molar refractivity (Wildman–Crippen MR) is 110 cm³/mol. The van der Waals surface area contributed by atoms with Crippen LogP contribution in [-0.2, 0) is 11.0 Å². The van der Waals surface area contributed by atoms with E-state index in [4.69, 9.17) is 0 Å². The van der Waals surface area contributed by atoms with Crippen molar-refractivity contribution in [3.05, 3.63) is 33.9 Å². The zero-order valence-corrected chi connectivity index (χ0v) is 17.3. The first-order valence-corrected chi connectivity index (χ1v) is 10.6. The Hall–Kier alpha value is -2.40. The number of rotatable bonds is 7. The van der Waals surface area contributed by atoms with Gasteiger partial charge in [0, 0.05) is 63.5 Å². The van der Waals surface area contributed by atoms with Crippen molar-refractivity contribution in [1.82, 2.24) is 15.1 Å². The molecule has 0 aliphatic carbocycles. The minimum atomic E-state index is -4.80. The van der Waals surface area contributed by atoms with E-state index >= 15 is 0 Å². The first kappa shape index (κ1) is 23.3. The van der Waals surface area contributed by atoms with Crippen molar-refractivity contribution in [1.29, 1.82) is 0 Å². The molecular formula is C20H28F3N5O3. The van der Waals surface area contributed by atoms with E-state index < -0.39 is 22.4 Å². The highest BCUT2D eigenvalue weighted by atomic mass is 19.4. The molecule has 2 heterocycles. The van der Waals surface area contributed by atoms with Gasteiger partial charge < -0.3 is 20.4 Å². The number of carbonyl (C=O) groups is 1. The molecule has 2 N–H and O–H groups in total. The number of carbonyl (C=O) groups excluding carboxylic acids is 1. The van der Waals surface area contributed by atoms with Gasteiger partial charge >= 0.3 is 6.18 Å². The van der Waals surface area contributed by atoms with Crippen LogP contribution in [0.15, 0.2) is 18.2 Å². The number of benzene rings is 1. The van der Waals surface area contributed by atoms with Crippen molar-refractivity contribution in [3.63, 3.8) is 0 Å². The lowest BCUT2D eigenvalue weighted by atomic mass is 10.0. The Morgan fingerprint density at radius 1 is 1.19 bits per heavy atom. The van der Waals surface area contributed by atoms with Crippen LogP contribution < -0.4 is 10.6 Å². The molecule has 0 aromatic heterocycles. The van der Waals surface area contributed by atoms with Gasteiger partial charge in [0.05, 0.1) is 4.92 Å². The smallest absolute Gasteiger partial charge is 0.382 e. The highest BCUT2D eigenvalue weighted by Gasteiger charge is 2.38. The molecule has 2 aliphatic heterocycles. The number of anilines is 1. The first-order valence-electron chi connectivity index (χ1n) is 10.6. The largest absolute Gasteiger partial charge is 0.423 e. The fourth-order valence-electron chi connectivity index (χ4n) is 4.07. The molecule has 0 radical (unpaired) electrons. The summed E-state index contributed by atoms with van der Waals surface area (Å²) in [5.41, 5.74) is -2.03. The van der Waals surface area contributed by atoms with Crippen molar-refractivity contribution in [2.45, 2.75) is 37.9 Å². The number of nitro groups is 1. The standard InChI is InChI=1S/C20H28F3N5O3/c21-20(22,23)17-14-16(3-4-18(17)28(30)31)25-15-5-10-27(11-6-15)19(29)2-1-9-26-12-7-24-8-13-26/h3-4,14-15,24-25H,1-2,5-13H2. The zero-order chi connectivity index (χ0) is 22.4. The molecule has 0 unspecified atom stereocenters. The summed E-state index contributed by atoms with van der Waals surface area (Å²) >= 11 is 0. The normalized spacial score (nSPS) is 18.7. The molecule has 0 saturated carbocycles. The van der Waals surface area contributed by atoms with E-state index in [0.29, 0.717) is 32.4 Å². The molecule has 1 aromatic rings. The van der Waals surface area contributed by atoms with Crippen LogP contribution in [0.3, 0.4) is 0 Å². The minimum Gasteiger partial charge on any atom is -0.382 e. The van der Waals surface area contributed by atoms with Crippen LogP contribution in [0.4, 0.5) is 24.5 Å². The molecule has 172 valence electrons. The third-order valence-corrected chi connectivity index (χ3v) is 5.79. The van der Waals surface area contributed by atoms with Crippen LogP contribution >= 0.6 is 0 Å². The van der Waals surface area contributed by atoms with Crippen LogP contribution in [-0.4, -0.2) is 72.5 Å². The molecule has 0 spiro atoms. The van der Waals surface area contributed by atoms with E-state index in [-0.39, 0.29) is 17.6 Å². The Morgan fingerprint density at radius 2 is 1.87 bits per heavy atom. The second-order valence-corrected chi connectivity index (χ2v) is 7.98. The van der Waals surface area contributed by atoms with Gasteiger partial charge in [-0.25, -0.2) is 0 Å². The molecule has 1 amide bonds. The van der Waals surface area contributed by atoms with Crippen LogP contribution in [0.5, 0.6) is 0 Å². The molecule has 2 fully saturated rings. The lowest BCUT2D eigenvalue weighted by molar-refractivity contribution is -0.388. The van der Waals surface area contributed by atoms with Gasteiger partial charge in [0.2, 0.25) is 5.91 Å². The van der Waals surface area contributed by atoms with Gasteiger partial charge in [-0.2, -0.15) is 13.2 Å². The number of alkyl halides is 3. The monoisotopic (exact) mass is 443 g/mol. The van der Waals surface area contributed by atoms with E-state index in [1.54, 1.807) is 0 Å². The Morgan fingerprint density at radius 3 is 2.48 bits per heavy atom. The van der Waals surface area contributed by atoms with Gasteiger partial charge in [0.15, 0.2) is 0 Å². The molecule has 0 bridgehead atoms. The number of amides is 1. The lowest BCUT2D eigenvalue weighted by Crippen LogP contribution is -2.44. The number of halogens is 3. The molecule has 11 heteroatoms. The third kappa shape index (κ3) is 6.54. The van der Waals surface area contributed by atoms with Crippen molar-refractivity contribution in [3.8, 4) is 0 Å². The SMILES string of the molecule is O=C(CCCN1CCNCC1)N1CCC(Nc2ccc([N+](=O)[O-])c(C(F)(F)F)c2)CC1. The Kier molecular flexibility index (Phi) is 7.71. The van der Waals surface area contributed by atoms with Gasteiger partial charge in [-0.15, -0.1) is 0 Å². The Bertz CT molecular complexity index is 776. The first-order chi connectivity index (χ1) is 14.7. The minimum absolute atomic E-state index is 0.0903. The number of piperazine rings is 1. The summed E-state index contributed by atoms with van der Waals surface area (Å²) in [5, 5.41) is 17.2. The number of nitrogens with one attached hydrogen (secondary N) is 2. The number of hydrogen-bond donors (Lipinski definition) is 2. The number of nitro benzene ring substituents is 1. The molecule has 1 aromatic carbocycles. The Balaban J connectivity index is 1.46. The Labute approximate surface area is 178 Å². The maximum absolute atomic E-state index is 13.1. The fraction of sp³-hybridized carbons (Fsp3) is 0.650. The molecule has 8 nitrogen and oxygen atoms in total. The van der Waals surface area contributed by atoms with E-state index in [9.17, 15) is 28.1 Å². The van der Waals surface area contributed by atoms with E-state index in [0.717, 1.165) is 51.3 Å². The van der Waals surface area contributed by atoms with Gasteiger partial charge in [-0.1, -0.05) is 0 Å². The third-order valence-electron chi connectivity index (χ3n) is 5.79. The second-order valence-electron chi connectivity index (χ2n) is 7.98. The molecular weight excluding hydrogens is 415 g/mol. The fourth-order valence-corrected chi connectivity index (χ4v) is 4.07. The molecule has 31 heavy (non-hydrogen) atoms. The topological polar surface area (TPSA) is 90.8 Å². The van der Waals surface area contributed by atoms with Crippen LogP contribution in [0, 0.1) is 10.1 Å². The van der Waals surface area contributed by atoms with Crippen LogP contribution in [0.2, 0.25) is 0 Å². The summed E-state index contributed by atoms with van der Waals surface area (Å²) in [5.74, 6) is 0.114. The average Bonchev–Trinajstić information content (AvgIpc) is 2.74. The summed E-state index contributed by atoms with van der Waals surface area (Å²) in [6.45, 7) is 5.97.